The molecule has 2 aromatic rings. The highest BCUT2D eigenvalue weighted by molar-refractivity contribution is 5.44. The van der Waals surface area contributed by atoms with Gasteiger partial charge in [-0.15, -0.1) is 0 Å². The number of rotatable bonds is 5. The van der Waals surface area contributed by atoms with Crippen molar-refractivity contribution in [3.63, 3.8) is 0 Å². The summed E-state index contributed by atoms with van der Waals surface area (Å²) in [6.45, 7) is 12.8. The van der Waals surface area contributed by atoms with Gasteiger partial charge in [0.2, 0.25) is 5.95 Å². The summed E-state index contributed by atoms with van der Waals surface area (Å²) < 4.78 is 0. The first-order chi connectivity index (χ1) is 13.3. The van der Waals surface area contributed by atoms with Crippen LogP contribution < -0.4 is 9.80 Å². The van der Waals surface area contributed by atoms with Gasteiger partial charge in [0, 0.05) is 65.1 Å². The van der Waals surface area contributed by atoms with Crippen LogP contribution in [0.5, 0.6) is 0 Å². The summed E-state index contributed by atoms with van der Waals surface area (Å²) >= 11 is 0. The van der Waals surface area contributed by atoms with Gasteiger partial charge in [0.05, 0.1) is 0 Å². The zero-order valence-electron chi connectivity index (χ0n) is 16.3. The van der Waals surface area contributed by atoms with Crippen molar-refractivity contribution in [2.45, 2.75) is 13.5 Å². The zero-order valence-corrected chi connectivity index (χ0v) is 16.3. The lowest BCUT2D eigenvalue weighted by molar-refractivity contribution is 0.249. The van der Waals surface area contributed by atoms with Gasteiger partial charge in [-0.25, -0.2) is 4.98 Å². The van der Waals surface area contributed by atoms with Crippen LogP contribution in [-0.2, 0) is 6.54 Å². The molecule has 1 aromatic carbocycles. The molecule has 0 atom stereocenters. The summed E-state index contributed by atoms with van der Waals surface area (Å²) in [5.74, 6) is 1.95. The van der Waals surface area contributed by atoms with Crippen LogP contribution in [0.3, 0.4) is 0 Å². The fraction of sp³-hybridized carbons (Fsp3) is 0.524. The van der Waals surface area contributed by atoms with Crippen LogP contribution in [0.4, 0.5) is 11.8 Å². The molecule has 2 saturated heterocycles. The molecule has 0 unspecified atom stereocenters. The molecule has 144 valence electrons. The molecule has 2 fully saturated rings. The van der Waals surface area contributed by atoms with E-state index in [2.05, 4.69) is 67.9 Å². The molecule has 2 aliphatic heterocycles. The Morgan fingerprint density at radius 1 is 0.778 bits per heavy atom. The maximum Gasteiger partial charge on any atom is 0.227 e. The second-order valence-electron chi connectivity index (χ2n) is 7.38. The Labute approximate surface area is 162 Å². The third-order valence-corrected chi connectivity index (χ3v) is 5.68. The minimum Gasteiger partial charge on any atom is -0.354 e. The molecule has 2 aliphatic rings. The molecular formula is C21H30N6. The van der Waals surface area contributed by atoms with Crippen LogP contribution in [0.25, 0.3) is 0 Å². The first-order valence-electron chi connectivity index (χ1n) is 10.1. The highest BCUT2D eigenvalue weighted by Gasteiger charge is 2.21. The molecule has 0 radical (unpaired) electrons. The van der Waals surface area contributed by atoms with Crippen molar-refractivity contribution in [1.29, 1.82) is 0 Å². The molecule has 6 heteroatoms. The number of nitrogens with zero attached hydrogens (tertiary/aromatic N) is 6. The normalized spacial score (nSPS) is 19.4. The smallest absolute Gasteiger partial charge is 0.227 e. The molecule has 1 aromatic heterocycles. The van der Waals surface area contributed by atoms with Crippen LogP contribution >= 0.6 is 0 Å². The van der Waals surface area contributed by atoms with Gasteiger partial charge in [-0.05, 0) is 18.2 Å². The molecule has 0 bridgehead atoms. The molecule has 0 aliphatic carbocycles. The highest BCUT2D eigenvalue weighted by atomic mass is 15.3. The second kappa shape index (κ2) is 8.67. The maximum absolute atomic E-state index is 4.88. The fourth-order valence-corrected chi connectivity index (χ4v) is 3.91. The summed E-state index contributed by atoms with van der Waals surface area (Å²) in [4.78, 5) is 19.1. The molecule has 27 heavy (non-hydrogen) atoms. The van der Waals surface area contributed by atoms with E-state index in [1.807, 2.05) is 6.20 Å². The van der Waals surface area contributed by atoms with Crippen LogP contribution in [0.2, 0.25) is 0 Å². The number of hydrogen-bond donors (Lipinski definition) is 0. The predicted molar refractivity (Wildman–Crippen MR) is 110 cm³/mol. The number of hydrogen-bond acceptors (Lipinski definition) is 6. The fourth-order valence-electron chi connectivity index (χ4n) is 3.91. The second-order valence-corrected chi connectivity index (χ2v) is 7.38. The van der Waals surface area contributed by atoms with Crippen LogP contribution in [0.15, 0.2) is 42.6 Å². The van der Waals surface area contributed by atoms with E-state index in [4.69, 9.17) is 4.98 Å². The number of likely N-dealkylation sites (N-methyl/N-ethyl adjacent to an activating group) is 1. The third kappa shape index (κ3) is 4.57. The van der Waals surface area contributed by atoms with E-state index in [1.165, 1.54) is 5.56 Å². The molecule has 0 saturated carbocycles. The van der Waals surface area contributed by atoms with E-state index >= 15 is 0 Å². The third-order valence-electron chi connectivity index (χ3n) is 5.68. The van der Waals surface area contributed by atoms with Gasteiger partial charge in [-0.1, -0.05) is 37.3 Å². The summed E-state index contributed by atoms with van der Waals surface area (Å²) in [6.07, 6.45) is 1.92. The molecule has 0 N–H and O–H groups in total. The number of piperazine rings is 2. The highest BCUT2D eigenvalue weighted by Crippen LogP contribution is 2.18. The Kier molecular flexibility index (Phi) is 5.84. The van der Waals surface area contributed by atoms with E-state index in [-0.39, 0.29) is 0 Å². The molecule has 3 heterocycles. The average molecular weight is 367 g/mol. The topological polar surface area (TPSA) is 38.7 Å². The Hall–Kier alpha value is -2.18. The van der Waals surface area contributed by atoms with Gasteiger partial charge in [0.15, 0.2) is 0 Å². The van der Waals surface area contributed by atoms with Crippen molar-refractivity contribution >= 4 is 11.8 Å². The zero-order chi connectivity index (χ0) is 18.5. The Bertz CT molecular complexity index is 706. The molecule has 0 spiro atoms. The lowest BCUT2D eigenvalue weighted by Crippen LogP contribution is -2.47. The van der Waals surface area contributed by atoms with E-state index in [9.17, 15) is 0 Å². The van der Waals surface area contributed by atoms with Gasteiger partial charge in [-0.3, -0.25) is 4.90 Å². The molecule has 6 nitrogen and oxygen atoms in total. The summed E-state index contributed by atoms with van der Waals surface area (Å²) in [7, 11) is 0. The van der Waals surface area contributed by atoms with Gasteiger partial charge in [-0.2, -0.15) is 4.98 Å². The van der Waals surface area contributed by atoms with Gasteiger partial charge < -0.3 is 14.7 Å². The first kappa shape index (κ1) is 18.2. The average Bonchev–Trinajstić information content (AvgIpc) is 2.75. The van der Waals surface area contributed by atoms with E-state index < -0.39 is 0 Å². The Morgan fingerprint density at radius 3 is 2.15 bits per heavy atom. The molecule has 4 rings (SSSR count). The predicted octanol–water partition coefficient (Wildman–Crippen LogP) is 1.94. The van der Waals surface area contributed by atoms with E-state index in [1.54, 1.807) is 0 Å². The van der Waals surface area contributed by atoms with Crippen molar-refractivity contribution in [2.24, 2.45) is 0 Å². The summed E-state index contributed by atoms with van der Waals surface area (Å²) in [5.41, 5.74) is 1.39. The molecular weight excluding hydrogens is 336 g/mol. The quantitative estimate of drug-likeness (QED) is 0.805. The van der Waals surface area contributed by atoms with E-state index in [0.29, 0.717) is 0 Å². The number of anilines is 2. The number of aromatic nitrogens is 2. The van der Waals surface area contributed by atoms with E-state index in [0.717, 1.165) is 77.2 Å². The minimum atomic E-state index is 0.884. The van der Waals surface area contributed by atoms with Crippen molar-refractivity contribution in [2.75, 3.05) is 68.7 Å². The van der Waals surface area contributed by atoms with Crippen LogP contribution in [0, 0.1) is 0 Å². The Balaban J connectivity index is 1.33. The summed E-state index contributed by atoms with van der Waals surface area (Å²) in [5, 5.41) is 0. The Morgan fingerprint density at radius 2 is 1.44 bits per heavy atom. The monoisotopic (exact) mass is 366 g/mol. The molecule has 0 amide bonds. The van der Waals surface area contributed by atoms with Crippen molar-refractivity contribution in [3.05, 3.63) is 48.2 Å². The van der Waals surface area contributed by atoms with Gasteiger partial charge in [0.1, 0.15) is 5.82 Å². The summed E-state index contributed by atoms with van der Waals surface area (Å²) in [6, 6.07) is 12.8. The standard InChI is InChI=1S/C21H30N6/c1-2-24-10-16-27(17-11-24)21-22-9-8-20(23-21)26-14-12-25(13-15-26)18-19-6-4-3-5-7-19/h3-9H,2,10-18H2,1H3. The van der Waals surface area contributed by atoms with Crippen LogP contribution in [0.1, 0.15) is 12.5 Å². The van der Waals surface area contributed by atoms with Crippen molar-refractivity contribution in [1.82, 2.24) is 19.8 Å². The largest absolute Gasteiger partial charge is 0.354 e. The number of benzene rings is 1. The van der Waals surface area contributed by atoms with Crippen molar-refractivity contribution < 1.29 is 0 Å². The lowest BCUT2D eigenvalue weighted by atomic mass is 10.2. The SMILES string of the molecule is CCN1CCN(c2nccc(N3CCN(Cc4ccccc4)CC3)n2)CC1. The maximum atomic E-state index is 4.88. The lowest BCUT2D eigenvalue weighted by Gasteiger charge is -2.36. The van der Waals surface area contributed by atoms with Gasteiger partial charge in [0.25, 0.3) is 0 Å². The first-order valence-corrected chi connectivity index (χ1v) is 10.1. The van der Waals surface area contributed by atoms with Crippen molar-refractivity contribution in [3.8, 4) is 0 Å². The van der Waals surface area contributed by atoms with Crippen LogP contribution in [-0.4, -0.2) is 78.7 Å². The van der Waals surface area contributed by atoms with Gasteiger partial charge >= 0.3 is 0 Å². The minimum absolute atomic E-state index is 0.884.